The molecule has 0 aromatic heterocycles. The summed E-state index contributed by atoms with van der Waals surface area (Å²) in [6.07, 6.45) is 0.562. The van der Waals surface area contributed by atoms with Gasteiger partial charge < -0.3 is 9.64 Å². The number of morpholine rings is 1. The Labute approximate surface area is 109 Å². The highest BCUT2D eigenvalue weighted by Gasteiger charge is 2.23. The van der Waals surface area contributed by atoms with Crippen LogP contribution >= 0.6 is 11.6 Å². The molecule has 0 saturated carbocycles. The van der Waals surface area contributed by atoms with E-state index < -0.39 is 0 Å². The van der Waals surface area contributed by atoms with Crippen molar-refractivity contribution in [1.29, 1.82) is 0 Å². The maximum atomic E-state index is 6.04. The van der Waals surface area contributed by atoms with Gasteiger partial charge in [0.05, 0.1) is 12.2 Å². The molecule has 0 bridgehead atoms. The first-order chi connectivity index (χ1) is 8.10. The van der Waals surface area contributed by atoms with E-state index in [1.807, 2.05) is 0 Å². The van der Waals surface area contributed by atoms with Gasteiger partial charge in [-0.25, -0.2) is 0 Å². The second-order valence-corrected chi connectivity index (χ2v) is 5.20. The third-order valence-electron chi connectivity index (χ3n) is 3.14. The molecule has 94 valence electrons. The van der Waals surface area contributed by atoms with Crippen molar-refractivity contribution in [3.8, 4) is 0 Å². The first-order valence-electron chi connectivity index (χ1n) is 6.16. The van der Waals surface area contributed by atoms with Gasteiger partial charge in [0.1, 0.15) is 0 Å². The molecule has 3 heteroatoms. The van der Waals surface area contributed by atoms with E-state index >= 15 is 0 Å². The lowest BCUT2D eigenvalue weighted by Crippen LogP contribution is -2.45. The summed E-state index contributed by atoms with van der Waals surface area (Å²) in [5.41, 5.74) is 3.74. The van der Waals surface area contributed by atoms with Crippen molar-refractivity contribution in [1.82, 2.24) is 0 Å². The van der Waals surface area contributed by atoms with Crippen molar-refractivity contribution in [3.63, 3.8) is 0 Å². The summed E-state index contributed by atoms with van der Waals surface area (Å²) < 4.78 is 5.76. The maximum Gasteiger partial charge on any atom is 0.0726 e. The number of alkyl halides is 1. The summed E-state index contributed by atoms with van der Waals surface area (Å²) in [6.45, 7) is 8.23. The molecule has 2 nitrogen and oxygen atoms in total. The van der Waals surface area contributed by atoms with Crippen LogP contribution < -0.4 is 4.90 Å². The molecule has 1 aromatic carbocycles. The van der Waals surface area contributed by atoms with Crippen LogP contribution in [0.1, 0.15) is 25.0 Å². The van der Waals surface area contributed by atoms with Gasteiger partial charge in [0.2, 0.25) is 0 Å². The molecule has 1 aliphatic heterocycles. The number of rotatable bonds is 2. The third kappa shape index (κ3) is 2.93. The highest BCUT2D eigenvalue weighted by atomic mass is 35.5. The molecule has 1 aliphatic rings. The second-order valence-electron chi connectivity index (χ2n) is 4.93. The molecule has 1 aromatic rings. The normalized spacial score (nSPS) is 25.1. The van der Waals surface area contributed by atoms with Crippen LogP contribution in [-0.2, 0) is 10.6 Å². The Morgan fingerprint density at radius 1 is 1.29 bits per heavy atom. The maximum absolute atomic E-state index is 6.04. The molecule has 1 fully saturated rings. The Balaban J connectivity index is 2.26. The standard InChI is InChI=1S/C14H20ClNO/c1-10-4-5-14(13(6-10)7-15)16-8-11(2)17-12(3)9-16/h4-6,11-12H,7-9H2,1-3H3. The van der Waals surface area contributed by atoms with E-state index in [1.54, 1.807) is 0 Å². The Kier molecular flexibility index (Phi) is 3.95. The van der Waals surface area contributed by atoms with Crippen molar-refractivity contribution in [3.05, 3.63) is 29.3 Å². The Morgan fingerprint density at radius 2 is 1.94 bits per heavy atom. The van der Waals surface area contributed by atoms with Crippen molar-refractivity contribution >= 4 is 17.3 Å². The highest BCUT2D eigenvalue weighted by Crippen LogP contribution is 2.26. The molecule has 0 N–H and O–H groups in total. The third-order valence-corrected chi connectivity index (χ3v) is 3.43. The lowest BCUT2D eigenvalue weighted by Gasteiger charge is -2.37. The van der Waals surface area contributed by atoms with Crippen molar-refractivity contribution in [2.45, 2.75) is 38.9 Å². The van der Waals surface area contributed by atoms with Gasteiger partial charge in [-0.05, 0) is 32.4 Å². The van der Waals surface area contributed by atoms with Gasteiger partial charge in [0, 0.05) is 24.7 Å². The molecule has 0 amide bonds. The molecule has 2 atom stereocenters. The van der Waals surface area contributed by atoms with Crippen LogP contribution in [0.15, 0.2) is 18.2 Å². The Morgan fingerprint density at radius 3 is 2.53 bits per heavy atom. The minimum atomic E-state index is 0.281. The quantitative estimate of drug-likeness (QED) is 0.750. The molecule has 1 saturated heterocycles. The second kappa shape index (κ2) is 5.28. The van der Waals surface area contributed by atoms with E-state index in [4.69, 9.17) is 16.3 Å². The lowest BCUT2D eigenvalue weighted by molar-refractivity contribution is -0.00524. The van der Waals surface area contributed by atoms with Gasteiger partial charge in [-0.2, -0.15) is 0 Å². The average molecular weight is 254 g/mol. The zero-order chi connectivity index (χ0) is 12.4. The van der Waals surface area contributed by atoms with Crippen LogP contribution in [0.3, 0.4) is 0 Å². The highest BCUT2D eigenvalue weighted by molar-refractivity contribution is 6.17. The molecule has 0 radical (unpaired) electrons. The largest absolute Gasteiger partial charge is 0.372 e. The Bertz CT molecular complexity index is 384. The summed E-state index contributed by atoms with van der Waals surface area (Å²) in [7, 11) is 0. The minimum absolute atomic E-state index is 0.281. The fourth-order valence-corrected chi connectivity index (χ4v) is 2.72. The average Bonchev–Trinajstić information content (AvgIpc) is 2.27. The number of aryl methyl sites for hydroxylation is 1. The predicted octanol–water partition coefficient (Wildman–Crippen LogP) is 3.35. The number of halogens is 1. The molecule has 17 heavy (non-hydrogen) atoms. The van der Waals surface area contributed by atoms with E-state index in [-0.39, 0.29) is 12.2 Å². The van der Waals surface area contributed by atoms with Gasteiger partial charge >= 0.3 is 0 Å². The summed E-state index contributed by atoms with van der Waals surface area (Å²) in [6, 6.07) is 6.50. The number of benzene rings is 1. The van der Waals surface area contributed by atoms with Crippen LogP contribution in [0.2, 0.25) is 0 Å². The van der Waals surface area contributed by atoms with Crippen LogP contribution in [0.5, 0.6) is 0 Å². The summed E-state index contributed by atoms with van der Waals surface area (Å²) >= 11 is 6.04. The number of nitrogens with zero attached hydrogens (tertiary/aromatic N) is 1. The molecular weight excluding hydrogens is 234 g/mol. The topological polar surface area (TPSA) is 12.5 Å². The SMILES string of the molecule is Cc1ccc(N2CC(C)OC(C)C2)c(CCl)c1. The zero-order valence-electron chi connectivity index (χ0n) is 10.7. The van der Waals surface area contributed by atoms with E-state index in [0.29, 0.717) is 5.88 Å². The molecule has 0 aliphatic carbocycles. The molecule has 2 rings (SSSR count). The van der Waals surface area contributed by atoms with Crippen LogP contribution in [0.25, 0.3) is 0 Å². The fraction of sp³-hybridized carbons (Fsp3) is 0.571. The molecule has 2 unspecified atom stereocenters. The van der Waals surface area contributed by atoms with Crippen molar-refractivity contribution in [2.24, 2.45) is 0 Å². The van der Waals surface area contributed by atoms with Gasteiger partial charge in [0.15, 0.2) is 0 Å². The molecular formula is C14H20ClNO. The molecule has 0 spiro atoms. The first-order valence-corrected chi connectivity index (χ1v) is 6.69. The minimum Gasteiger partial charge on any atom is -0.372 e. The van der Waals surface area contributed by atoms with Gasteiger partial charge in [-0.3, -0.25) is 0 Å². The summed E-state index contributed by atoms with van der Waals surface area (Å²) in [5.74, 6) is 0.567. The number of ether oxygens (including phenoxy) is 1. The number of hydrogen-bond acceptors (Lipinski definition) is 2. The number of anilines is 1. The van der Waals surface area contributed by atoms with Gasteiger partial charge in [0.25, 0.3) is 0 Å². The smallest absolute Gasteiger partial charge is 0.0726 e. The zero-order valence-corrected chi connectivity index (χ0v) is 11.5. The van der Waals surface area contributed by atoms with E-state index in [0.717, 1.165) is 13.1 Å². The number of hydrogen-bond donors (Lipinski definition) is 0. The van der Waals surface area contributed by atoms with Crippen LogP contribution in [0, 0.1) is 6.92 Å². The first kappa shape index (κ1) is 12.7. The van der Waals surface area contributed by atoms with Crippen LogP contribution in [-0.4, -0.2) is 25.3 Å². The van der Waals surface area contributed by atoms with Crippen molar-refractivity contribution < 1.29 is 4.74 Å². The van der Waals surface area contributed by atoms with Gasteiger partial charge in [-0.1, -0.05) is 17.7 Å². The lowest BCUT2D eigenvalue weighted by atomic mass is 10.1. The van der Waals surface area contributed by atoms with Gasteiger partial charge in [-0.15, -0.1) is 11.6 Å². The predicted molar refractivity (Wildman–Crippen MR) is 73.0 cm³/mol. The molecule has 1 heterocycles. The van der Waals surface area contributed by atoms with E-state index in [9.17, 15) is 0 Å². The summed E-state index contributed by atoms with van der Waals surface area (Å²) in [4.78, 5) is 2.38. The van der Waals surface area contributed by atoms with E-state index in [1.165, 1.54) is 16.8 Å². The fourth-order valence-electron chi connectivity index (χ4n) is 2.50. The summed E-state index contributed by atoms with van der Waals surface area (Å²) in [5, 5.41) is 0. The van der Waals surface area contributed by atoms with Crippen molar-refractivity contribution in [2.75, 3.05) is 18.0 Å². The Hall–Kier alpha value is -0.730. The monoisotopic (exact) mass is 253 g/mol. The van der Waals surface area contributed by atoms with Crippen LogP contribution in [0.4, 0.5) is 5.69 Å². The van der Waals surface area contributed by atoms with E-state index in [2.05, 4.69) is 43.9 Å².